The number of para-hydroxylation sites is 1. The average molecular weight is 236 g/mol. The van der Waals surface area contributed by atoms with Crippen molar-refractivity contribution in [3.05, 3.63) is 29.8 Å². The maximum absolute atomic E-state index is 5.96. The van der Waals surface area contributed by atoms with Gasteiger partial charge in [-0.3, -0.25) is 4.90 Å². The van der Waals surface area contributed by atoms with Gasteiger partial charge < -0.3 is 10.5 Å². The van der Waals surface area contributed by atoms with Crippen LogP contribution in [-0.4, -0.2) is 31.2 Å². The molecule has 0 fully saturated rings. The van der Waals surface area contributed by atoms with Crippen molar-refractivity contribution in [1.82, 2.24) is 4.90 Å². The number of hydrogen-bond donors (Lipinski definition) is 1. The lowest BCUT2D eigenvalue weighted by Crippen LogP contribution is -2.28. The molecule has 3 nitrogen and oxygen atoms in total. The van der Waals surface area contributed by atoms with Crippen LogP contribution in [0.15, 0.2) is 24.3 Å². The van der Waals surface area contributed by atoms with Gasteiger partial charge in [0.2, 0.25) is 0 Å². The molecule has 0 aliphatic rings. The highest BCUT2D eigenvalue weighted by molar-refractivity contribution is 5.46. The number of hydrogen-bond acceptors (Lipinski definition) is 3. The Balaban J connectivity index is 2.50. The molecule has 1 aromatic carbocycles. The molecule has 2 N–H and O–H groups in total. The van der Waals surface area contributed by atoms with E-state index in [1.165, 1.54) is 5.56 Å². The van der Waals surface area contributed by atoms with Gasteiger partial charge in [-0.2, -0.15) is 0 Å². The Labute approximate surface area is 105 Å². The Morgan fingerprint density at radius 2 is 1.94 bits per heavy atom. The zero-order valence-electron chi connectivity index (χ0n) is 11.0. The number of nitrogens with two attached hydrogens (primary N) is 1. The quantitative estimate of drug-likeness (QED) is 0.557. The van der Waals surface area contributed by atoms with Gasteiger partial charge in [-0.05, 0) is 31.5 Å². The summed E-state index contributed by atoms with van der Waals surface area (Å²) in [5.41, 5.74) is 8.05. The number of nitrogen functional groups attached to an aromatic ring is 1. The van der Waals surface area contributed by atoms with E-state index in [1.807, 2.05) is 25.1 Å². The predicted molar refractivity (Wildman–Crippen MR) is 72.9 cm³/mol. The second kappa shape index (κ2) is 8.09. The van der Waals surface area contributed by atoms with Crippen LogP contribution >= 0.6 is 0 Å². The fraction of sp³-hybridized carbons (Fsp3) is 0.571. The van der Waals surface area contributed by atoms with Crippen LogP contribution in [0.2, 0.25) is 0 Å². The molecule has 0 saturated carbocycles. The SMILES string of the molecule is CCCN(CCOCC)Cc1ccccc1N. The summed E-state index contributed by atoms with van der Waals surface area (Å²) in [5, 5.41) is 0. The summed E-state index contributed by atoms with van der Waals surface area (Å²) in [7, 11) is 0. The molecule has 0 saturated heterocycles. The summed E-state index contributed by atoms with van der Waals surface area (Å²) in [6.07, 6.45) is 1.15. The highest BCUT2D eigenvalue weighted by Gasteiger charge is 2.06. The first-order chi connectivity index (χ1) is 8.27. The lowest BCUT2D eigenvalue weighted by Gasteiger charge is -2.22. The van der Waals surface area contributed by atoms with Gasteiger partial charge in [0.15, 0.2) is 0 Å². The van der Waals surface area contributed by atoms with E-state index in [1.54, 1.807) is 0 Å². The molecule has 0 aliphatic carbocycles. The normalized spacial score (nSPS) is 11.0. The number of rotatable bonds is 8. The van der Waals surface area contributed by atoms with Gasteiger partial charge in [-0.25, -0.2) is 0 Å². The minimum atomic E-state index is 0.785. The molecule has 0 radical (unpaired) electrons. The molecule has 0 aliphatic heterocycles. The highest BCUT2D eigenvalue weighted by Crippen LogP contribution is 2.13. The zero-order chi connectivity index (χ0) is 12.5. The lowest BCUT2D eigenvalue weighted by molar-refractivity contribution is 0.111. The van der Waals surface area contributed by atoms with Gasteiger partial charge in [-0.15, -0.1) is 0 Å². The monoisotopic (exact) mass is 236 g/mol. The summed E-state index contributed by atoms with van der Waals surface area (Å²) in [5.74, 6) is 0. The molecular weight excluding hydrogens is 212 g/mol. The molecule has 0 spiro atoms. The van der Waals surface area contributed by atoms with Gasteiger partial charge in [0, 0.05) is 25.4 Å². The molecule has 0 heterocycles. The van der Waals surface area contributed by atoms with E-state index in [4.69, 9.17) is 10.5 Å². The van der Waals surface area contributed by atoms with Crippen LogP contribution in [0.5, 0.6) is 0 Å². The van der Waals surface area contributed by atoms with Crippen LogP contribution in [0, 0.1) is 0 Å². The molecule has 0 bridgehead atoms. The maximum Gasteiger partial charge on any atom is 0.0593 e. The van der Waals surface area contributed by atoms with Gasteiger partial charge in [0.1, 0.15) is 0 Å². The third-order valence-corrected chi connectivity index (χ3v) is 2.74. The molecule has 0 unspecified atom stereocenters. The van der Waals surface area contributed by atoms with Crippen molar-refractivity contribution in [3.63, 3.8) is 0 Å². The fourth-order valence-corrected chi connectivity index (χ4v) is 1.84. The van der Waals surface area contributed by atoms with Gasteiger partial charge in [0.05, 0.1) is 6.61 Å². The van der Waals surface area contributed by atoms with Gasteiger partial charge in [0.25, 0.3) is 0 Å². The molecule has 1 aromatic rings. The first-order valence-electron chi connectivity index (χ1n) is 6.41. The second-order valence-electron chi connectivity index (χ2n) is 4.17. The Kier molecular flexibility index (Phi) is 6.67. The first kappa shape index (κ1) is 14.0. The first-order valence-corrected chi connectivity index (χ1v) is 6.41. The topological polar surface area (TPSA) is 38.5 Å². The Hall–Kier alpha value is -1.06. The van der Waals surface area contributed by atoms with Crippen LogP contribution in [0.4, 0.5) is 5.69 Å². The van der Waals surface area contributed by atoms with Crippen molar-refractivity contribution in [3.8, 4) is 0 Å². The second-order valence-corrected chi connectivity index (χ2v) is 4.17. The number of nitrogens with zero attached hydrogens (tertiary/aromatic N) is 1. The smallest absolute Gasteiger partial charge is 0.0593 e. The Morgan fingerprint density at radius 3 is 2.59 bits per heavy atom. The Bertz CT molecular complexity index is 315. The third-order valence-electron chi connectivity index (χ3n) is 2.74. The van der Waals surface area contributed by atoms with E-state index in [9.17, 15) is 0 Å². The maximum atomic E-state index is 5.96. The van der Waals surface area contributed by atoms with E-state index < -0.39 is 0 Å². The zero-order valence-corrected chi connectivity index (χ0v) is 11.0. The van der Waals surface area contributed by atoms with Crippen molar-refractivity contribution in [2.24, 2.45) is 0 Å². The summed E-state index contributed by atoms with van der Waals surface area (Å²) in [4.78, 5) is 2.39. The van der Waals surface area contributed by atoms with Crippen LogP contribution < -0.4 is 5.73 Å². The summed E-state index contributed by atoms with van der Waals surface area (Å²) >= 11 is 0. The van der Waals surface area contributed by atoms with Crippen molar-refractivity contribution in [1.29, 1.82) is 0 Å². The molecule has 0 aromatic heterocycles. The molecular formula is C14H24N2O. The van der Waals surface area contributed by atoms with Gasteiger partial charge >= 0.3 is 0 Å². The van der Waals surface area contributed by atoms with Crippen molar-refractivity contribution in [2.75, 3.05) is 32.0 Å². The third kappa shape index (κ3) is 5.20. The largest absolute Gasteiger partial charge is 0.398 e. The molecule has 1 rings (SSSR count). The van der Waals surface area contributed by atoms with E-state index in [2.05, 4.69) is 17.9 Å². The average Bonchev–Trinajstić information content (AvgIpc) is 2.32. The minimum Gasteiger partial charge on any atom is -0.398 e. The summed E-state index contributed by atoms with van der Waals surface area (Å²) in [6.45, 7) is 8.77. The van der Waals surface area contributed by atoms with E-state index in [0.29, 0.717) is 0 Å². The lowest BCUT2D eigenvalue weighted by atomic mass is 10.1. The number of benzene rings is 1. The molecule has 96 valence electrons. The van der Waals surface area contributed by atoms with Gasteiger partial charge in [-0.1, -0.05) is 25.1 Å². The number of anilines is 1. The predicted octanol–water partition coefficient (Wildman–Crippen LogP) is 2.52. The van der Waals surface area contributed by atoms with Crippen LogP contribution in [0.25, 0.3) is 0 Å². The molecule has 3 heteroatoms. The molecule has 0 atom stereocenters. The summed E-state index contributed by atoms with van der Waals surface area (Å²) < 4.78 is 5.41. The van der Waals surface area contributed by atoms with E-state index in [-0.39, 0.29) is 0 Å². The minimum absolute atomic E-state index is 0.785. The highest BCUT2D eigenvalue weighted by atomic mass is 16.5. The molecule has 17 heavy (non-hydrogen) atoms. The van der Waals surface area contributed by atoms with E-state index >= 15 is 0 Å². The number of ether oxygens (including phenoxy) is 1. The van der Waals surface area contributed by atoms with Crippen LogP contribution in [0.1, 0.15) is 25.8 Å². The van der Waals surface area contributed by atoms with Crippen molar-refractivity contribution in [2.45, 2.75) is 26.8 Å². The van der Waals surface area contributed by atoms with Crippen molar-refractivity contribution < 1.29 is 4.74 Å². The fourth-order valence-electron chi connectivity index (χ4n) is 1.84. The molecule has 0 amide bonds. The standard InChI is InChI=1S/C14H24N2O/c1-3-9-16(10-11-17-4-2)12-13-7-5-6-8-14(13)15/h5-8H,3-4,9-12,15H2,1-2H3. The van der Waals surface area contributed by atoms with E-state index in [0.717, 1.165) is 45.0 Å². The van der Waals surface area contributed by atoms with Crippen LogP contribution in [0.3, 0.4) is 0 Å². The summed E-state index contributed by atoms with van der Waals surface area (Å²) in [6, 6.07) is 8.07. The van der Waals surface area contributed by atoms with Crippen LogP contribution in [-0.2, 0) is 11.3 Å². The Morgan fingerprint density at radius 1 is 1.18 bits per heavy atom. The van der Waals surface area contributed by atoms with Crippen molar-refractivity contribution >= 4 is 5.69 Å².